The molecule has 1 aromatic carbocycles. The van der Waals surface area contributed by atoms with Gasteiger partial charge in [0.05, 0.1) is 25.3 Å². The Hall–Kier alpha value is -3.22. The molecular weight excluding hydrogens is 354 g/mol. The van der Waals surface area contributed by atoms with E-state index in [0.29, 0.717) is 19.0 Å². The largest absolute Gasteiger partial charge is 0.378 e. The number of pyridine rings is 1. The summed E-state index contributed by atoms with van der Waals surface area (Å²) in [6.45, 7) is 7.12. The third-order valence-electron chi connectivity index (χ3n) is 4.23. The minimum atomic E-state index is 0.247. The van der Waals surface area contributed by atoms with Crippen molar-refractivity contribution in [1.29, 1.82) is 0 Å². The summed E-state index contributed by atoms with van der Waals surface area (Å²) >= 11 is 0. The zero-order chi connectivity index (χ0) is 19.8. The molecule has 28 heavy (non-hydrogen) atoms. The Morgan fingerprint density at radius 2 is 1.89 bits per heavy atom. The predicted octanol–water partition coefficient (Wildman–Crippen LogP) is 4.36. The summed E-state index contributed by atoms with van der Waals surface area (Å²) in [4.78, 5) is 19.0. The first-order chi connectivity index (χ1) is 13.8. The van der Waals surface area contributed by atoms with E-state index in [0.717, 1.165) is 41.1 Å². The second kappa shape index (κ2) is 9.64. The van der Waals surface area contributed by atoms with E-state index < -0.39 is 0 Å². The molecule has 0 atom stereocenters. The van der Waals surface area contributed by atoms with Gasteiger partial charge in [0.25, 0.3) is 0 Å². The summed E-state index contributed by atoms with van der Waals surface area (Å²) in [5.41, 5.74) is 11.8. The molecule has 0 saturated carbocycles. The average molecular weight is 377 g/mol. The predicted molar refractivity (Wildman–Crippen MR) is 110 cm³/mol. The molecule has 0 unspecified atom stereocenters. The minimum Gasteiger partial charge on any atom is -0.378 e. The van der Waals surface area contributed by atoms with Crippen LogP contribution in [-0.2, 0) is 11.3 Å². The molecule has 144 valence electrons. The van der Waals surface area contributed by atoms with Crippen LogP contribution in [0.4, 0.5) is 5.82 Å². The van der Waals surface area contributed by atoms with Gasteiger partial charge in [-0.3, -0.25) is 4.98 Å². The number of azide groups is 1. The fraction of sp³-hybridized carbons (Fsp3) is 0.350. The van der Waals surface area contributed by atoms with Crippen LogP contribution in [0.5, 0.6) is 0 Å². The highest BCUT2D eigenvalue weighted by Gasteiger charge is 2.19. The monoisotopic (exact) mass is 377 g/mol. The molecule has 0 aliphatic carbocycles. The molecule has 1 saturated heterocycles. The van der Waals surface area contributed by atoms with E-state index in [9.17, 15) is 0 Å². The normalized spacial score (nSPS) is 13.4. The van der Waals surface area contributed by atoms with Gasteiger partial charge in [0.1, 0.15) is 5.52 Å². The summed E-state index contributed by atoms with van der Waals surface area (Å²) in [5, 5.41) is 3.61. The number of anilines is 1. The lowest BCUT2D eigenvalue weighted by Crippen LogP contribution is -2.37. The van der Waals surface area contributed by atoms with E-state index in [1.807, 2.05) is 50.2 Å². The van der Waals surface area contributed by atoms with Crippen LogP contribution < -0.4 is 4.90 Å². The molecule has 0 radical (unpaired) electrons. The first kappa shape index (κ1) is 19.5. The summed E-state index contributed by atoms with van der Waals surface area (Å²) in [6, 6.07) is 11.8. The van der Waals surface area contributed by atoms with Gasteiger partial charge in [-0.15, -0.1) is 0 Å². The SMILES string of the molecule is CC.[N-]=[N+]=NCc1cnc2c(N3CCOCC3)nc(-c3ccccc3)nc2c1. The Bertz CT molecular complexity index is 965. The number of ether oxygens (including phenoxy) is 1. The van der Waals surface area contributed by atoms with E-state index in [-0.39, 0.29) is 6.54 Å². The van der Waals surface area contributed by atoms with Crippen LogP contribution in [0.1, 0.15) is 19.4 Å². The minimum absolute atomic E-state index is 0.247. The van der Waals surface area contributed by atoms with Crippen molar-refractivity contribution in [3.63, 3.8) is 0 Å². The van der Waals surface area contributed by atoms with E-state index in [1.54, 1.807) is 6.20 Å². The molecule has 0 bridgehead atoms. The van der Waals surface area contributed by atoms with Crippen molar-refractivity contribution in [3.05, 3.63) is 58.6 Å². The lowest BCUT2D eigenvalue weighted by Gasteiger charge is -2.28. The number of nitrogens with zero attached hydrogens (tertiary/aromatic N) is 7. The van der Waals surface area contributed by atoms with E-state index in [1.165, 1.54) is 0 Å². The third-order valence-corrected chi connectivity index (χ3v) is 4.23. The topological polar surface area (TPSA) is 99.9 Å². The number of aromatic nitrogens is 3. The number of fused-ring (bicyclic) bond motifs is 1. The molecular formula is C20H23N7O. The van der Waals surface area contributed by atoms with Crippen molar-refractivity contribution in [2.24, 2.45) is 5.11 Å². The molecule has 1 aliphatic heterocycles. The van der Waals surface area contributed by atoms with E-state index >= 15 is 0 Å². The molecule has 8 heteroatoms. The van der Waals surface area contributed by atoms with Crippen LogP contribution in [0.15, 0.2) is 47.7 Å². The van der Waals surface area contributed by atoms with E-state index in [2.05, 4.69) is 19.9 Å². The Morgan fingerprint density at radius 1 is 1.14 bits per heavy atom. The molecule has 8 nitrogen and oxygen atoms in total. The van der Waals surface area contributed by atoms with Crippen LogP contribution >= 0.6 is 0 Å². The first-order valence-electron chi connectivity index (χ1n) is 9.41. The van der Waals surface area contributed by atoms with Crippen LogP contribution in [0.2, 0.25) is 0 Å². The van der Waals surface area contributed by atoms with Crippen molar-refractivity contribution < 1.29 is 4.74 Å². The number of rotatable bonds is 4. The van der Waals surface area contributed by atoms with Crippen molar-refractivity contribution in [3.8, 4) is 11.4 Å². The Morgan fingerprint density at radius 3 is 2.61 bits per heavy atom. The Kier molecular flexibility index (Phi) is 6.73. The molecule has 0 amide bonds. The smallest absolute Gasteiger partial charge is 0.162 e. The van der Waals surface area contributed by atoms with Gasteiger partial charge in [-0.2, -0.15) is 0 Å². The fourth-order valence-corrected chi connectivity index (χ4v) is 2.96. The summed E-state index contributed by atoms with van der Waals surface area (Å²) < 4.78 is 5.46. The van der Waals surface area contributed by atoms with Crippen LogP contribution in [0.3, 0.4) is 0 Å². The van der Waals surface area contributed by atoms with Crippen molar-refractivity contribution in [2.75, 3.05) is 31.2 Å². The second-order valence-electron chi connectivity index (χ2n) is 5.94. The molecule has 3 aromatic rings. The standard InChI is InChI=1S/C18H17N7O.C2H6/c19-24-21-12-13-10-15-16(20-11-13)18(25-6-8-26-9-7-25)23-17(22-15)14-4-2-1-3-5-14;1-2/h1-5,10-11H,6-9,12H2;1-2H3. The van der Waals surface area contributed by atoms with Gasteiger partial charge in [0.2, 0.25) is 0 Å². The molecule has 1 aliphatic rings. The Balaban J connectivity index is 0.00000109. The van der Waals surface area contributed by atoms with Crippen LogP contribution in [-0.4, -0.2) is 41.3 Å². The fourth-order valence-electron chi connectivity index (χ4n) is 2.96. The highest BCUT2D eigenvalue weighted by Crippen LogP contribution is 2.27. The van der Waals surface area contributed by atoms with Crippen molar-refractivity contribution >= 4 is 16.9 Å². The maximum atomic E-state index is 8.54. The van der Waals surface area contributed by atoms with Crippen LogP contribution in [0, 0.1) is 0 Å². The van der Waals surface area contributed by atoms with Gasteiger partial charge in [-0.25, -0.2) is 9.97 Å². The lowest BCUT2D eigenvalue weighted by molar-refractivity contribution is 0.122. The molecule has 1 fully saturated rings. The van der Waals surface area contributed by atoms with Gasteiger partial charge in [0, 0.05) is 29.8 Å². The highest BCUT2D eigenvalue weighted by molar-refractivity contribution is 5.87. The van der Waals surface area contributed by atoms with Gasteiger partial charge in [0.15, 0.2) is 11.6 Å². The van der Waals surface area contributed by atoms with Crippen LogP contribution in [0.25, 0.3) is 32.9 Å². The number of hydrogen-bond acceptors (Lipinski definition) is 6. The van der Waals surface area contributed by atoms with E-state index in [4.69, 9.17) is 20.2 Å². The number of benzene rings is 1. The quantitative estimate of drug-likeness (QED) is 0.382. The van der Waals surface area contributed by atoms with Gasteiger partial charge in [-0.1, -0.05) is 49.3 Å². The maximum Gasteiger partial charge on any atom is 0.162 e. The molecule has 4 rings (SSSR count). The zero-order valence-electron chi connectivity index (χ0n) is 16.1. The zero-order valence-corrected chi connectivity index (χ0v) is 16.1. The third kappa shape index (κ3) is 4.36. The van der Waals surface area contributed by atoms with Gasteiger partial charge < -0.3 is 9.64 Å². The van der Waals surface area contributed by atoms with Crippen molar-refractivity contribution in [2.45, 2.75) is 20.4 Å². The summed E-state index contributed by atoms with van der Waals surface area (Å²) in [7, 11) is 0. The maximum absolute atomic E-state index is 8.54. The van der Waals surface area contributed by atoms with Crippen molar-refractivity contribution in [1.82, 2.24) is 15.0 Å². The average Bonchev–Trinajstić information content (AvgIpc) is 2.79. The lowest BCUT2D eigenvalue weighted by atomic mass is 10.2. The van der Waals surface area contributed by atoms with Gasteiger partial charge >= 0.3 is 0 Å². The molecule has 0 N–H and O–H groups in total. The summed E-state index contributed by atoms with van der Waals surface area (Å²) in [6.07, 6.45) is 1.71. The molecule has 0 spiro atoms. The molecule has 2 aromatic heterocycles. The molecule has 3 heterocycles. The first-order valence-corrected chi connectivity index (χ1v) is 9.41. The summed E-state index contributed by atoms with van der Waals surface area (Å²) in [5.74, 6) is 1.47. The highest BCUT2D eigenvalue weighted by atomic mass is 16.5. The second-order valence-corrected chi connectivity index (χ2v) is 5.94. The number of hydrogen-bond donors (Lipinski definition) is 0. The Labute approximate surface area is 163 Å². The van der Waals surface area contributed by atoms with Gasteiger partial charge in [-0.05, 0) is 17.2 Å². The number of morpholine rings is 1.